The summed E-state index contributed by atoms with van der Waals surface area (Å²) in [5.74, 6) is -3.25. The number of aliphatic carboxylic acids is 1. The number of hydrogen-bond acceptors (Lipinski definition) is 3. The summed E-state index contributed by atoms with van der Waals surface area (Å²) >= 11 is 0. The van der Waals surface area contributed by atoms with Crippen LogP contribution in [0, 0.1) is 17.2 Å². The minimum Gasteiger partial charge on any atom is -0.481 e. The van der Waals surface area contributed by atoms with E-state index in [0.29, 0.717) is 6.07 Å². The molecule has 1 N–H and O–H groups in total. The van der Waals surface area contributed by atoms with Gasteiger partial charge in [-0.2, -0.15) is 8.78 Å². The van der Waals surface area contributed by atoms with Crippen molar-refractivity contribution in [2.75, 3.05) is 13.1 Å². The fourth-order valence-electron chi connectivity index (χ4n) is 2.94. The SMILES string of the molecule is CC(C)C1(C(=O)O)CCN(C(=O)c2ccc(F)cc2OC(F)F)C1. The topological polar surface area (TPSA) is 66.8 Å². The summed E-state index contributed by atoms with van der Waals surface area (Å²) in [6.07, 6.45) is 0.262. The first-order valence-corrected chi connectivity index (χ1v) is 7.44. The second-order valence-electron chi connectivity index (χ2n) is 6.11. The quantitative estimate of drug-likeness (QED) is 0.891. The first-order chi connectivity index (χ1) is 11.2. The largest absolute Gasteiger partial charge is 0.481 e. The molecule has 5 nitrogen and oxygen atoms in total. The Labute approximate surface area is 137 Å². The van der Waals surface area contributed by atoms with Crippen LogP contribution in [0.4, 0.5) is 13.2 Å². The van der Waals surface area contributed by atoms with E-state index < -0.39 is 35.5 Å². The third-order valence-electron chi connectivity index (χ3n) is 4.51. The number of carboxylic acid groups (broad SMARTS) is 1. The van der Waals surface area contributed by atoms with Gasteiger partial charge in [0.05, 0.1) is 11.0 Å². The second-order valence-corrected chi connectivity index (χ2v) is 6.11. The van der Waals surface area contributed by atoms with Crippen LogP contribution < -0.4 is 4.74 Å². The molecule has 0 aliphatic carbocycles. The minimum absolute atomic E-state index is 0.0374. The van der Waals surface area contributed by atoms with Crippen molar-refractivity contribution in [1.82, 2.24) is 4.90 Å². The van der Waals surface area contributed by atoms with Crippen molar-refractivity contribution in [2.24, 2.45) is 11.3 Å². The van der Waals surface area contributed by atoms with Crippen LogP contribution in [0.3, 0.4) is 0 Å². The Kier molecular flexibility index (Phi) is 5.05. The van der Waals surface area contributed by atoms with Crippen LogP contribution in [0.5, 0.6) is 5.75 Å². The van der Waals surface area contributed by atoms with E-state index in [0.717, 1.165) is 12.1 Å². The highest BCUT2D eigenvalue weighted by atomic mass is 19.3. The van der Waals surface area contributed by atoms with Gasteiger partial charge < -0.3 is 14.7 Å². The molecule has 1 atom stereocenters. The van der Waals surface area contributed by atoms with E-state index >= 15 is 0 Å². The van der Waals surface area contributed by atoms with Gasteiger partial charge in [-0.1, -0.05) is 13.8 Å². The Morgan fingerprint density at radius 3 is 2.50 bits per heavy atom. The number of ether oxygens (including phenoxy) is 1. The molecule has 1 fully saturated rings. The van der Waals surface area contributed by atoms with Gasteiger partial charge >= 0.3 is 12.6 Å². The van der Waals surface area contributed by atoms with Gasteiger partial charge in [0.15, 0.2) is 0 Å². The summed E-state index contributed by atoms with van der Waals surface area (Å²) in [6, 6.07) is 2.74. The maximum absolute atomic E-state index is 13.2. The molecule has 24 heavy (non-hydrogen) atoms. The summed E-state index contributed by atoms with van der Waals surface area (Å²) in [7, 11) is 0. The van der Waals surface area contributed by atoms with E-state index in [9.17, 15) is 27.9 Å². The Hall–Kier alpha value is -2.25. The predicted octanol–water partition coefficient (Wildman–Crippen LogP) is 3.00. The van der Waals surface area contributed by atoms with Crippen LogP contribution >= 0.6 is 0 Å². The van der Waals surface area contributed by atoms with E-state index in [-0.39, 0.29) is 31.0 Å². The maximum Gasteiger partial charge on any atom is 0.387 e. The number of rotatable bonds is 5. The molecule has 1 aliphatic rings. The first kappa shape index (κ1) is 18.1. The van der Waals surface area contributed by atoms with Gasteiger partial charge in [-0.3, -0.25) is 9.59 Å². The zero-order chi connectivity index (χ0) is 18.1. The third kappa shape index (κ3) is 3.32. The van der Waals surface area contributed by atoms with E-state index in [1.165, 1.54) is 4.90 Å². The number of benzene rings is 1. The van der Waals surface area contributed by atoms with Gasteiger partial charge in [0.2, 0.25) is 0 Å². The molecule has 132 valence electrons. The van der Waals surface area contributed by atoms with Crippen LogP contribution in [-0.4, -0.2) is 41.6 Å². The lowest BCUT2D eigenvalue weighted by Gasteiger charge is -2.28. The molecule has 0 radical (unpaired) electrons. The van der Waals surface area contributed by atoms with Crippen LogP contribution in [0.1, 0.15) is 30.6 Å². The third-order valence-corrected chi connectivity index (χ3v) is 4.51. The van der Waals surface area contributed by atoms with Crippen LogP contribution in [0.2, 0.25) is 0 Å². The monoisotopic (exact) mass is 345 g/mol. The molecule has 1 aromatic rings. The lowest BCUT2D eigenvalue weighted by Crippen LogP contribution is -2.40. The van der Waals surface area contributed by atoms with E-state index in [1.807, 2.05) is 0 Å². The first-order valence-electron chi connectivity index (χ1n) is 7.44. The summed E-state index contributed by atoms with van der Waals surface area (Å²) in [6.45, 7) is 0.446. The highest BCUT2D eigenvalue weighted by Crippen LogP contribution is 2.39. The normalized spacial score (nSPS) is 20.7. The second kappa shape index (κ2) is 6.70. The van der Waals surface area contributed by atoms with Crippen molar-refractivity contribution in [2.45, 2.75) is 26.9 Å². The zero-order valence-corrected chi connectivity index (χ0v) is 13.3. The van der Waals surface area contributed by atoms with Crippen LogP contribution in [-0.2, 0) is 4.79 Å². The van der Waals surface area contributed by atoms with Crippen molar-refractivity contribution in [3.63, 3.8) is 0 Å². The molecule has 2 rings (SSSR count). The van der Waals surface area contributed by atoms with Gasteiger partial charge in [-0.05, 0) is 24.5 Å². The predicted molar refractivity (Wildman–Crippen MR) is 78.5 cm³/mol. The van der Waals surface area contributed by atoms with Crippen molar-refractivity contribution < 1.29 is 32.6 Å². The van der Waals surface area contributed by atoms with Crippen molar-refractivity contribution >= 4 is 11.9 Å². The zero-order valence-electron chi connectivity index (χ0n) is 13.3. The molecule has 1 amide bonds. The number of alkyl halides is 2. The highest BCUT2D eigenvalue weighted by Gasteiger charge is 2.48. The number of amides is 1. The van der Waals surface area contributed by atoms with E-state index in [4.69, 9.17) is 0 Å². The van der Waals surface area contributed by atoms with Gasteiger partial charge in [0.1, 0.15) is 11.6 Å². The summed E-state index contributed by atoms with van der Waals surface area (Å²) in [5, 5.41) is 9.50. The molecule has 1 unspecified atom stereocenters. The average Bonchev–Trinajstić information content (AvgIpc) is 2.92. The van der Waals surface area contributed by atoms with Crippen molar-refractivity contribution in [3.05, 3.63) is 29.6 Å². The standard InChI is InChI=1S/C16H18F3NO4/c1-9(2)16(14(22)23)5-6-20(8-16)13(21)11-4-3-10(17)7-12(11)24-15(18)19/h3-4,7,9,15H,5-6,8H2,1-2H3,(H,22,23). The highest BCUT2D eigenvalue weighted by molar-refractivity contribution is 5.97. The molecule has 0 aromatic heterocycles. The molecular formula is C16H18F3NO4. The molecule has 0 spiro atoms. The lowest BCUT2D eigenvalue weighted by molar-refractivity contribution is -0.150. The molecular weight excluding hydrogens is 327 g/mol. The Morgan fingerprint density at radius 1 is 1.33 bits per heavy atom. The summed E-state index contributed by atoms with van der Waals surface area (Å²) in [4.78, 5) is 25.5. The summed E-state index contributed by atoms with van der Waals surface area (Å²) in [5.41, 5.74) is -1.30. The molecule has 1 heterocycles. The fraction of sp³-hybridized carbons (Fsp3) is 0.500. The molecule has 1 aliphatic heterocycles. The van der Waals surface area contributed by atoms with Gasteiger partial charge in [-0.15, -0.1) is 0 Å². The van der Waals surface area contributed by atoms with Gasteiger partial charge in [-0.25, -0.2) is 4.39 Å². The Balaban J connectivity index is 2.29. The molecule has 1 aromatic carbocycles. The number of hydrogen-bond donors (Lipinski definition) is 1. The molecule has 0 bridgehead atoms. The number of halogens is 3. The Morgan fingerprint density at radius 2 is 2.00 bits per heavy atom. The van der Waals surface area contributed by atoms with Gasteiger partial charge in [0, 0.05) is 19.2 Å². The van der Waals surface area contributed by atoms with Crippen LogP contribution in [0.15, 0.2) is 18.2 Å². The number of nitrogens with zero attached hydrogens (tertiary/aromatic N) is 1. The minimum atomic E-state index is -3.20. The lowest BCUT2D eigenvalue weighted by atomic mass is 9.76. The maximum atomic E-state index is 13.2. The average molecular weight is 345 g/mol. The number of carboxylic acids is 1. The van der Waals surface area contributed by atoms with E-state index in [2.05, 4.69) is 4.74 Å². The molecule has 0 saturated carbocycles. The smallest absolute Gasteiger partial charge is 0.387 e. The number of carbonyl (C=O) groups is 2. The van der Waals surface area contributed by atoms with E-state index in [1.54, 1.807) is 13.8 Å². The molecule has 8 heteroatoms. The fourth-order valence-corrected chi connectivity index (χ4v) is 2.94. The number of carbonyl (C=O) groups excluding carboxylic acids is 1. The van der Waals surface area contributed by atoms with Crippen LogP contribution in [0.25, 0.3) is 0 Å². The van der Waals surface area contributed by atoms with Crippen molar-refractivity contribution in [3.8, 4) is 5.75 Å². The van der Waals surface area contributed by atoms with Crippen molar-refractivity contribution in [1.29, 1.82) is 0 Å². The Bertz CT molecular complexity index is 650. The summed E-state index contributed by atoms with van der Waals surface area (Å²) < 4.78 is 42.4. The van der Waals surface area contributed by atoms with Gasteiger partial charge in [0.25, 0.3) is 5.91 Å². The molecule has 1 saturated heterocycles. The number of likely N-dealkylation sites (tertiary alicyclic amines) is 1.